The van der Waals surface area contributed by atoms with Crippen LogP contribution in [-0.4, -0.2) is 43.0 Å². The first-order chi connectivity index (χ1) is 9.06. The molecular weight excluding hydrogens is 269 g/mol. The van der Waals surface area contributed by atoms with Crippen molar-refractivity contribution in [2.24, 2.45) is 0 Å². The summed E-state index contributed by atoms with van der Waals surface area (Å²) in [4.78, 5) is 14.0. The normalized spacial score (nSPS) is 20.3. The zero-order chi connectivity index (χ0) is 13.8. The van der Waals surface area contributed by atoms with E-state index in [1.54, 1.807) is 0 Å². The van der Waals surface area contributed by atoms with Crippen LogP contribution in [0.1, 0.15) is 6.92 Å². The van der Waals surface area contributed by atoms with Crippen molar-refractivity contribution in [3.63, 3.8) is 0 Å². The van der Waals surface area contributed by atoms with Crippen molar-refractivity contribution in [3.8, 4) is 0 Å². The van der Waals surface area contributed by atoms with Crippen molar-refractivity contribution in [3.05, 3.63) is 29.0 Å². The highest BCUT2D eigenvalue weighted by Crippen LogP contribution is 2.19. The van der Waals surface area contributed by atoms with Crippen molar-refractivity contribution < 1.29 is 9.18 Å². The predicted molar refractivity (Wildman–Crippen MR) is 73.9 cm³/mol. The Morgan fingerprint density at radius 1 is 1.63 bits per heavy atom. The average Bonchev–Trinajstić information content (AvgIpc) is 2.37. The molecule has 0 aliphatic carbocycles. The van der Waals surface area contributed by atoms with Crippen molar-refractivity contribution >= 4 is 23.2 Å². The van der Waals surface area contributed by atoms with E-state index in [0.29, 0.717) is 18.3 Å². The van der Waals surface area contributed by atoms with Crippen LogP contribution in [0.25, 0.3) is 0 Å². The van der Waals surface area contributed by atoms with Gasteiger partial charge in [-0.1, -0.05) is 11.6 Å². The standard InChI is InChI=1S/C13H17ClFN3O/c1-9-7-16-4-5-18(9)8-13(19)17-10-2-3-12(15)11(14)6-10/h2-3,6,9,16H,4-5,7-8H2,1H3,(H,17,19). The third-order valence-corrected chi connectivity index (χ3v) is 3.48. The van der Waals surface area contributed by atoms with Crippen LogP contribution in [0.2, 0.25) is 5.02 Å². The Hall–Kier alpha value is -1.17. The van der Waals surface area contributed by atoms with E-state index in [9.17, 15) is 9.18 Å². The Labute approximate surface area is 116 Å². The lowest BCUT2D eigenvalue weighted by molar-refractivity contribution is -0.118. The van der Waals surface area contributed by atoms with E-state index in [1.165, 1.54) is 18.2 Å². The predicted octanol–water partition coefficient (Wildman–Crippen LogP) is 1.71. The average molecular weight is 286 g/mol. The SMILES string of the molecule is CC1CNCCN1CC(=O)Nc1ccc(F)c(Cl)c1. The quantitative estimate of drug-likeness (QED) is 0.889. The monoisotopic (exact) mass is 285 g/mol. The number of rotatable bonds is 3. The molecule has 1 atom stereocenters. The van der Waals surface area contributed by atoms with Gasteiger partial charge in [-0.25, -0.2) is 4.39 Å². The maximum Gasteiger partial charge on any atom is 0.238 e. The molecule has 6 heteroatoms. The summed E-state index contributed by atoms with van der Waals surface area (Å²) in [5, 5.41) is 6.00. The van der Waals surface area contributed by atoms with E-state index < -0.39 is 5.82 Å². The van der Waals surface area contributed by atoms with Crippen LogP contribution < -0.4 is 10.6 Å². The van der Waals surface area contributed by atoms with Gasteiger partial charge in [-0.15, -0.1) is 0 Å². The third kappa shape index (κ3) is 3.89. The first-order valence-corrected chi connectivity index (χ1v) is 6.64. The van der Waals surface area contributed by atoms with E-state index >= 15 is 0 Å². The molecule has 0 spiro atoms. The number of carbonyl (C=O) groups is 1. The summed E-state index contributed by atoms with van der Waals surface area (Å²) in [7, 11) is 0. The van der Waals surface area contributed by atoms with Crippen LogP contribution in [0.3, 0.4) is 0 Å². The smallest absolute Gasteiger partial charge is 0.238 e. The Kier molecular flexibility index (Phi) is 4.74. The minimum atomic E-state index is -0.490. The summed E-state index contributed by atoms with van der Waals surface area (Å²) in [5.41, 5.74) is 0.513. The fourth-order valence-corrected chi connectivity index (χ4v) is 2.26. The highest BCUT2D eigenvalue weighted by atomic mass is 35.5. The van der Waals surface area contributed by atoms with E-state index in [-0.39, 0.29) is 10.9 Å². The lowest BCUT2D eigenvalue weighted by Gasteiger charge is -2.33. The first-order valence-electron chi connectivity index (χ1n) is 6.26. The van der Waals surface area contributed by atoms with Crippen LogP contribution in [0.15, 0.2) is 18.2 Å². The zero-order valence-electron chi connectivity index (χ0n) is 10.7. The van der Waals surface area contributed by atoms with Crippen molar-refractivity contribution in [2.45, 2.75) is 13.0 Å². The summed E-state index contributed by atoms with van der Waals surface area (Å²) in [6, 6.07) is 4.48. The third-order valence-electron chi connectivity index (χ3n) is 3.19. The Morgan fingerprint density at radius 2 is 2.42 bits per heavy atom. The zero-order valence-corrected chi connectivity index (χ0v) is 11.5. The molecule has 0 radical (unpaired) electrons. The molecule has 2 rings (SSSR count). The minimum Gasteiger partial charge on any atom is -0.325 e. The van der Waals surface area contributed by atoms with Gasteiger partial charge in [0.05, 0.1) is 11.6 Å². The number of nitrogens with one attached hydrogen (secondary N) is 2. The number of carbonyl (C=O) groups excluding carboxylic acids is 1. The van der Waals surface area contributed by atoms with Gasteiger partial charge in [0.1, 0.15) is 5.82 Å². The van der Waals surface area contributed by atoms with Crippen LogP contribution in [0, 0.1) is 5.82 Å². The van der Waals surface area contributed by atoms with Gasteiger partial charge in [-0.3, -0.25) is 9.69 Å². The second kappa shape index (κ2) is 6.32. The van der Waals surface area contributed by atoms with E-state index in [0.717, 1.165) is 19.6 Å². The molecule has 1 aliphatic heterocycles. The topological polar surface area (TPSA) is 44.4 Å². The van der Waals surface area contributed by atoms with E-state index in [1.807, 2.05) is 0 Å². The van der Waals surface area contributed by atoms with Gasteiger partial charge in [-0.2, -0.15) is 0 Å². The van der Waals surface area contributed by atoms with Crippen LogP contribution in [0.4, 0.5) is 10.1 Å². The molecule has 1 aromatic carbocycles. The van der Waals surface area contributed by atoms with Crippen LogP contribution >= 0.6 is 11.6 Å². The number of nitrogens with zero attached hydrogens (tertiary/aromatic N) is 1. The van der Waals surface area contributed by atoms with Gasteiger partial charge in [0.15, 0.2) is 0 Å². The highest BCUT2D eigenvalue weighted by molar-refractivity contribution is 6.31. The number of piperazine rings is 1. The number of amides is 1. The lowest BCUT2D eigenvalue weighted by Crippen LogP contribution is -2.51. The molecule has 1 unspecified atom stereocenters. The number of benzene rings is 1. The number of hydrogen-bond acceptors (Lipinski definition) is 3. The molecule has 1 fully saturated rings. The molecule has 1 amide bonds. The molecule has 1 aliphatic rings. The van der Waals surface area contributed by atoms with Crippen LogP contribution in [0.5, 0.6) is 0 Å². The summed E-state index contributed by atoms with van der Waals surface area (Å²) < 4.78 is 13.0. The molecule has 0 aromatic heterocycles. The fourth-order valence-electron chi connectivity index (χ4n) is 2.08. The minimum absolute atomic E-state index is 0.00772. The Morgan fingerprint density at radius 3 is 3.11 bits per heavy atom. The second-order valence-electron chi connectivity index (χ2n) is 4.70. The Balaban J connectivity index is 1.91. The number of hydrogen-bond donors (Lipinski definition) is 2. The van der Waals surface area contributed by atoms with Gasteiger partial charge < -0.3 is 10.6 Å². The van der Waals surface area contributed by atoms with Gasteiger partial charge >= 0.3 is 0 Å². The number of halogens is 2. The maximum atomic E-state index is 13.0. The molecule has 4 nitrogen and oxygen atoms in total. The summed E-state index contributed by atoms with van der Waals surface area (Å²) in [5.74, 6) is -0.605. The summed E-state index contributed by atoms with van der Waals surface area (Å²) in [6.07, 6.45) is 0. The van der Waals surface area contributed by atoms with Gasteiger partial charge in [0, 0.05) is 31.4 Å². The first kappa shape index (κ1) is 14.2. The van der Waals surface area contributed by atoms with E-state index in [4.69, 9.17) is 11.6 Å². The Bertz CT molecular complexity index is 469. The number of anilines is 1. The van der Waals surface area contributed by atoms with Crippen molar-refractivity contribution in [1.82, 2.24) is 10.2 Å². The fraction of sp³-hybridized carbons (Fsp3) is 0.462. The van der Waals surface area contributed by atoms with Gasteiger partial charge in [0.25, 0.3) is 0 Å². The summed E-state index contributed by atoms with van der Waals surface area (Å²) >= 11 is 5.67. The molecule has 104 valence electrons. The van der Waals surface area contributed by atoms with Crippen molar-refractivity contribution in [1.29, 1.82) is 0 Å². The molecule has 2 N–H and O–H groups in total. The van der Waals surface area contributed by atoms with Gasteiger partial charge in [0.2, 0.25) is 5.91 Å². The second-order valence-corrected chi connectivity index (χ2v) is 5.11. The van der Waals surface area contributed by atoms with E-state index in [2.05, 4.69) is 22.5 Å². The maximum absolute atomic E-state index is 13.0. The lowest BCUT2D eigenvalue weighted by atomic mass is 10.2. The molecular formula is C13H17ClFN3O. The van der Waals surface area contributed by atoms with Gasteiger partial charge in [-0.05, 0) is 25.1 Å². The van der Waals surface area contributed by atoms with Crippen molar-refractivity contribution in [2.75, 3.05) is 31.5 Å². The molecule has 1 aromatic rings. The molecule has 19 heavy (non-hydrogen) atoms. The molecule has 1 saturated heterocycles. The van der Waals surface area contributed by atoms with Crippen LogP contribution in [-0.2, 0) is 4.79 Å². The summed E-state index contributed by atoms with van der Waals surface area (Å²) in [6.45, 7) is 5.03. The molecule has 1 heterocycles. The largest absolute Gasteiger partial charge is 0.325 e. The highest BCUT2D eigenvalue weighted by Gasteiger charge is 2.20. The molecule has 0 bridgehead atoms. The molecule has 0 saturated carbocycles.